The lowest BCUT2D eigenvalue weighted by Gasteiger charge is -2.31. The predicted octanol–water partition coefficient (Wildman–Crippen LogP) is 3.90. The number of carbonyl (C=O) groups is 2. The van der Waals surface area contributed by atoms with E-state index in [0.29, 0.717) is 28.9 Å². The SMILES string of the molecule is COc1cc(C(=O)NCC(O)(c2cc(C(C)C)c(C)c(C)n2)C(F)(F)F)cc2c1NC(=O)CC2. The van der Waals surface area contributed by atoms with Crippen molar-refractivity contribution < 1.29 is 32.6 Å². The molecule has 0 saturated heterocycles. The Hall–Kier alpha value is -3.14. The molecule has 1 aliphatic rings. The lowest BCUT2D eigenvalue weighted by atomic mass is 9.90. The number of hydrogen-bond acceptors (Lipinski definition) is 5. The van der Waals surface area contributed by atoms with Gasteiger partial charge < -0.3 is 20.5 Å². The van der Waals surface area contributed by atoms with Gasteiger partial charge in [0.05, 0.1) is 25.0 Å². The summed E-state index contributed by atoms with van der Waals surface area (Å²) in [4.78, 5) is 28.5. The molecule has 2 heterocycles. The zero-order valence-corrected chi connectivity index (χ0v) is 19.7. The first kappa shape index (κ1) is 25.5. The number of methoxy groups -OCH3 is 1. The fraction of sp³-hybridized carbons (Fsp3) is 0.458. The van der Waals surface area contributed by atoms with Gasteiger partial charge in [-0.2, -0.15) is 13.2 Å². The highest BCUT2D eigenvalue weighted by Gasteiger charge is 2.56. The van der Waals surface area contributed by atoms with Crippen molar-refractivity contribution >= 4 is 17.5 Å². The number of halogens is 3. The number of ether oxygens (including phenoxy) is 1. The number of rotatable bonds is 6. The van der Waals surface area contributed by atoms with Crippen molar-refractivity contribution in [3.8, 4) is 5.75 Å². The third kappa shape index (κ3) is 4.72. The average molecular weight is 479 g/mol. The summed E-state index contributed by atoms with van der Waals surface area (Å²) in [5.41, 5.74) is -1.09. The lowest BCUT2D eigenvalue weighted by Crippen LogP contribution is -2.51. The number of hydrogen-bond donors (Lipinski definition) is 3. The molecule has 3 rings (SSSR count). The molecule has 1 aromatic heterocycles. The molecule has 0 spiro atoms. The maximum atomic E-state index is 14.1. The van der Waals surface area contributed by atoms with Crippen molar-refractivity contribution in [2.24, 2.45) is 0 Å². The first-order chi connectivity index (χ1) is 15.8. The van der Waals surface area contributed by atoms with Crippen LogP contribution in [0.15, 0.2) is 18.2 Å². The van der Waals surface area contributed by atoms with Gasteiger partial charge in [0.2, 0.25) is 11.5 Å². The number of benzene rings is 1. The molecule has 0 saturated carbocycles. The Bertz CT molecular complexity index is 1110. The number of amides is 2. The Balaban J connectivity index is 1.94. The monoisotopic (exact) mass is 479 g/mol. The Kier molecular flexibility index (Phi) is 6.93. The van der Waals surface area contributed by atoms with E-state index in [0.717, 1.165) is 5.56 Å². The normalized spacial score (nSPS) is 15.4. The quantitative estimate of drug-likeness (QED) is 0.584. The minimum atomic E-state index is -5.10. The van der Waals surface area contributed by atoms with Gasteiger partial charge in [-0.1, -0.05) is 13.8 Å². The van der Waals surface area contributed by atoms with E-state index in [1.54, 1.807) is 13.8 Å². The van der Waals surface area contributed by atoms with Gasteiger partial charge in [-0.05, 0) is 61.1 Å². The summed E-state index contributed by atoms with van der Waals surface area (Å²) < 4.78 is 47.5. The summed E-state index contributed by atoms with van der Waals surface area (Å²) in [7, 11) is 1.36. The fourth-order valence-corrected chi connectivity index (χ4v) is 3.97. The van der Waals surface area contributed by atoms with Crippen molar-refractivity contribution in [2.45, 2.75) is 58.2 Å². The van der Waals surface area contributed by atoms with Gasteiger partial charge >= 0.3 is 6.18 Å². The van der Waals surface area contributed by atoms with Crippen molar-refractivity contribution in [3.05, 3.63) is 51.8 Å². The molecule has 0 radical (unpaired) electrons. The summed E-state index contributed by atoms with van der Waals surface area (Å²) in [5, 5.41) is 15.7. The zero-order chi connectivity index (χ0) is 25.4. The fourth-order valence-electron chi connectivity index (χ4n) is 3.97. The van der Waals surface area contributed by atoms with Crippen LogP contribution in [0.25, 0.3) is 0 Å². The van der Waals surface area contributed by atoms with E-state index in [4.69, 9.17) is 4.74 Å². The van der Waals surface area contributed by atoms with E-state index in [1.165, 1.54) is 25.3 Å². The van der Waals surface area contributed by atoms with E-state index >= 15 is 0 Å². The van der Waals surface area contributed by atoms with Gasteiger partial charge in [-0.15, -0.1) is 0 Å². The smallest absolute Gasteiger partial charge is 0.424 e. The molecule has 0 bridgehead atoms. The van der Waals surface area contributed by atoms with Gasteiger partial charge in [0.15, 0.2) is 0 Å². The maximum absolute atomic E-state index is 14.1. The van der Waals surface area contributed by atoms with E-state index < -0.39 is 29.9 Å². The first-order valence-corrected chi connectivity index (χ1v) is 10.8. The Labute approximate surface area is 195 Å². The zero-order valence-electron chi connectivity index (χ0n) is 19.7. The second kappa shape index (κ2) is 9.25. The van der Waals surface area contributed by atoms with Crippen LogP contribution in [0.3, 0.4) is 0 Å². The largest absolute Gasteiger partial charge is 0.495 e. The molecule has 0 aliphatic carbocycles. The van der Waals surface area contributed by atoms with Gasteiger partial charge in [0.1, 0.15) is 5.75 Å². The van der Waals surface area contributed by atoms with E-state index in [2.05, 4.69) is 15.6 Å². The maximum Gasteiger partial charge on any atom is 0.424 e. The molecule has 3 N–H and O–H groups in total. The molecule has 10 heteroatoms. The van der Waals surface area contributed by atoms with Crippen LogP contribution in [0, 0.1) is 13.8 Å². The molecular weight excluding hydrogens is 451 g/mol. The third-order valence-corrected chi connectivity index (χ3v) is 6.13. The number of pyridine rings is 1. The Morgan fingerprint density at radius 2 is 1.91 bits per heavy atom. The topological polar surface area (TPSA) is 101 Å². The highest BCUT2D eigenvalue weighted by Crippen LogP contribution is 2.40. The number of nitrogens with zero attached hydrogens (tertiary/aromatic N) is 1. The first-order valence-electron chi connectivity index (χ1n) is 10.8. The molecule has 1 aliphatic heterocycles. The van der Waals surface area contributed by atoms with Crippen LogP contribution < -0.4 is 15.4 Å². The number of anilines is 1. The molecule has 34 heavy (non-hydrogen) atoms. The summed E-state index contributed by atoms with van der Waals surface area (Å²) in [6.45, 7) is 5.90. The molecule has 0 fully saturated rings. The standard InChI is InChI=1S/C24H28F3N3O4/c1-12(2)17-10-19(29-14(4)13(17)3)23(33,24(25,26)27)11-28-22(32)16-8-15-6-7-20(31)30-21(15)18(9-16)34-5/h8-10,12,33H,6-7,11H2,1-5H3,(H,28,32)(H,30,31). The van der Waals surface area contributed by atoms with Crippen LogP contribution in [0.4, 0.5) is 18.9 Å². The number of aromatic nitrogens is 1. The second-order valence-corrected chi connectivity index (χ2v) is 8.76. The second-order valence-electron chi connectivity index (χ2n) is 8.76. The van der Waals surface area contributed by atoms with Gasteiger partial charge in [-0.3, -0.25) is 14.6 Å². The summed E-state index contributed by atoms with van der Waals surface area (Å²) in [6.07, 6.45) is -4.53. The number of carbonyl (C=O) groups excluding carboxylic acids is 2. The van der Waals surface area contributed by atoms with E-state index in [9.17, 15) is 27.9 Å². The van der Waals surface area contributed by atoms with Crippen LogP contribution in [-0.2, 0) is 16.8 Å². The average Bonchev–Trinajstić information content (AvgIpc) is 2.77. The van der Waals surface area contributed by atoms with Crippen LogP contribution in [0.1, 0.15) is 64.6 Å². The number of nitrogens with one attached hydrogen (secondary N) is 2. The Morgan fingerprint density at radius 3 is 2.50 bits per heavy atom. The highest BCUT2D eigenvalue weighted by atomic mass is 19.4. The molecule has 2 amide bonds. The van der Waals surface area contributed by atoms with Crippen LogP contribution >= 0.6 is 0 Å². The van der Waals surface area contributed by atoms with Crippen molar-refractivity contribution in [1.29, 1.82) is 0 Å². The summed E-state index contributed by atoms with van der Waals surface area (Å²) >= 11 is 0. The molecule has 184 valence electrons. The van der Waals surface area contributed by atoms with Gasteiger partial charge in [0.25, 0.3) is 5.91 Å². The minimum absolute atomic E-state index is 0.0483. The molecule has 2 aromatic rings. The van der Waals surface area contributed by atoms with Crippen LogP contribution in [0.5, 0.6) is 5.75 Å². The molecule has 7 nitrogen and oxygen atoms in total. The van der Waals surface area contributed by atoms with Gasteiger partial charge in [0, 0.05) is 17.7 Å². The predicted molar refractivity (Wildman–Crippen MR) is 120 cm³/mol. The van der Waals surface area contributed by atoms with Crippen molar-refractivity contribution in [1.82, 2.24) is 10.3 Å². The van der Waals surface area contributed by atoms with Gasteiger partial charge in [-0.25, -0.2) is 0 Å². The van der Waals surface area contributed by atoms with E-state index in [-0.39, 0.29) is 29.6 Å². The molecule has 1 unspecified atom stereocenters. The van der Waals surface area contributed by atoms with E-state index in [1.807, 2.05) is 13.8 Å². The molecular formula is C24H28F3N3O4. The van der Waals surface area contributed by atoms with Crippen LogP contribution in [0.2, 0.25) is 0 Å². The Morgan fingerprint density at radius 1 is 1.24 bits per heavy atom. The minimum Gasteiger partial charge on any atom is -0.495 e. The summed E-state index contributed by atoms with van der Waals surface area (Å²) in [6, 6.07) is 4.07. The summed E-state index contributed by atoms with van der Waals surface area (Å²) in [5.74, 6) is -0.886. The lowest BCUT2D eigenvalue weighted by molar-refractivity contribution is -0.265. The van der Waals surface area contributed by atoms with Crippen molar-refractivity contribution in [3.63, 3.8) is 0 Å². The van der Waals surface area contributed by atoms with Crippen molar-refractivity contribution in [2.75, 3.05) is 19.0 Å². The molecule has 1 aromatic carbocycles. The number of alkyl halides is 3. The third-order valence-electron chi connectivity index (χ3n) is 6.13. The molecule has 1 atom stereocenters. The van der Waals surface area contributed by atoms with Crippen LogP contribution in [-0.4, -0.2) is 41.7 Å². The number of aliphatic hydroxyl groups is 1. The highest BCUT2D eigenvalue weighted by molar-refractivity contribution is 5.99. The number of fused-ring (bicyclic) bond motifs is 1. The number of aryl methyl sites for hydroxylation is 2.